The Morgan fingerprint density at radius 1 is 0.384 bits per heavy atom. The fourth-order valence-electron chi connectivity index (χ4n) is 8.84. The standard InChI is InChI=1S/C44H76N4O17Si8/c1-29-30(2)38(50)45(37(29)49)21-17-25-69(9,10)60-66-58-67(61-70(11,12)26-18-22-46-39(51)31(3)32(4)40(46)52)63-73(57,65-72(15,16)28-20-24-48-43(55)35(7)36(8)44(48)56)64-68(59-66)62-71(13,14)27-19-23-47-41(53)33(5)34(6)42(47)54/h57,66-68H,17-28H2,1-16H3. The fraction of sp³-hybridized carbons (Fsp3) is 0.636. The number of rotatable bonds is 24. The molecule has 0 aromatic heterocycles. The summed E-state index contributed by atoms with van der Waals surface area (Å²) in [6.07, 6.45) is 1.66. The maximum absolute atomic E-state index is 12.9. The van der Waals surface area contributed by atoms with E-state index in [1.165, 1.54) is 19.6 Å². The van der Waals surface area contributed by atoms with Gasteiger partial charge >= 0.3 is 37.6 Å². The van der Waals surface area contributed by atoms with E-state index >= 15 is 0 Å². The predicted octanol–water partition coefficient (Wildman–Crippen LogP) is 3.91. The Morgan fingerprint density at radius 3 is 0.822 bits per heavy atom. The zero-order chi connectivity index (χ0) is 54.9. The molecule has 2 atom stereocenters. The molecule has 2 unspecified atom stereocenters. The first kappa shape index (κ1) is 60.8. The minimum atomic E-state index is -4.86. The van der Waals surface area contributed by atoms with E-state index in [9.17, 15) is 43.2 Å². The molecule has 0 aliphatic carbocycles. The van der Waals surface area contributed by atoms with Gasteiger partial charge in [0.2, 0.25) is 0 Å². The van der Waals surface area contributed by atoms with Crippen LogP contribution in [-0.2, 0) is 71.3 Å². The molecule has 5 heterocycles. The van der Waals surface area contributed by atoms with Crippen molar-refractivity contribution in [2.75, 3.05) is 26.2 Å². The molecular weight excluding hydrogens is 1080 g/mol. The second kappa shape index (κ2) is 23.6. The van der Waals surface area contributed by atoms with Crippen LogP contribution in [0.2, 0.25) is 76.6 Å². The highest BCUT2D eigenvalue weighted by Crippen LogP contribution is 2.31. The van der Waals surface area contributed by atoms with E-state index in [4.69, 9.17) is 32.9 Å². The van der Waals surface area contributed by atoms with E-state index in [1.807, 2.05) is 52.4 Å². The third-order valence-electron chi connectivity index (χ3n) is 14.0. The van der Waals surface area contributed by atoms with Crippen LogP contribution in [0.25, 0.3) is 0 Å². The Bertz CT molecular complexity index is 2240. The molecule has 0 bridgehead atoms. The number of hydrogen-bond acceptors (Lipinski definition) is 17. The molecule has 29 heteroatoms. The number of hydrogen-bond donors (Lipinski definition) is 1. The van der Waals surface area contributed by atoms with Crippen molar-refractivity contribution in [3.63, 3.8) is 0 Å². The van der Waals surface area contributed by atoms with Gasteiger partial charge in [0.1, 0.15) is 0 Å². The molecular formula is C44H76N4O17Si8. The van der Waals surface area contributed by atoms with Gasteiger partial charge in [-0.25, -0.2) is 0 Å². The minimum absolute atomic E-state index is 0.138. The van der Waals surface area contributed by atoms with Crippen molar-refractivity contribution in [2.24, 2.45) is 0 Å². The topological polar surface area (TPSA) is 244 Å². The van der Waals surface area contributed by atoms with Crippen LogP contribution < -0.4 is 0 Å². The lowest BCUT2D eigenvalue weighted by Crippen LogP contribution is -2.65. The van der Waals surface area contributed by atoms with Gasteiger partial charge in [-0.05, 0) is 158 Å². The second-order valence-corrected chi connectivity index (χ2v) is 48.4. The summed E-state index contributed by atoms with van der Waals surface area (Å²) in [5, 5.41) is 0. The summed E-state index contributed by atoms with van der Waals surface area (Å²) < 4.78 is 53.6. The van der Waals surface area contributed by atoms with E-state index in [1.54, 1.807) is 55.4 Å². The van der Waals surface area contributed by atoms with Gasteiger partial charge in [0.15, 0.2) is 33.3 Å². The summed E-state index contributed by atoms with van der Waals surface area (Å²) in [5.74, 6) is -2.66. The van der Waals surface area contributed by atoms with Crippen LogP contribution in [0.5, 0.6) is 0 Å². The lowest BCUT2D eigenvalue weighted by Gasteiger charge is -2.42. The van der Waals surface area contributed by atoms with Crippen LogP contribution in [0.15, 0.2) is 44.6 Å². The monoisotopic (exact) mass is 1160 g/mol. The molecule has 8 amide bonds. The molecule has 1 saturated heterocycles. The quantitative estimate of drug-likeness (QED) is 0.106. The van der Waals surface area contributed by atoms with Crippen molar-refractivity contribution in [3.8, 4) is 0 Å². The van der Waals surface area contributed by atoms with Gasteiger partial charge in [0.05, 0.1) is 0 Å². The van der Waals surface area contributed by atoms with Gasteiger partial charge in [-0.15, -0.1) is 0 Å². The number of amides is 8. The van der Waals surface area contributed by atoms with Crippen LogP contribution in [-0.4, -0.2) is 169 Å². The molecule has 0 spiro atoms. The maximum atomic E-state index is 12.9. The normalized spacial score (nSPS) is 24.4. The fourth-order valence-corrected chi connectivity index (χ4v) is 35.5. The molecule has 1 N–H and O–H groups in total. The molecule has 406 valence electrons. The van der Waals surface area contributed by atoms with Crippen molar-refractivity contribution < 1.29 is 76.1 Å². The number of nitrogens with zero attached hydrogens (tertiary/aromatic N) is 4. The molecule has 1 fully saturated rings. The third-order valence-corrected chi connectivity index (χ3v) is 40.9. The highest BCUT2D eigenvalue weighted by atomic mass is 28.6. The molecule has 0 aromatic rings. The van der Waals surface area contributed by atoms with Crippen LogP contribution in [0, 0.1) is 0 Å². The van der Waals surface area contributed by atoms with Gasteiger partial charge in [0.25, 0.3) is 47.3 Å². The van der Waals surface area contributed by atoms with Crippen molar-refractivity contribution in [2.45, 2.75) is 158 Å². The van der Waals surface area contributed by atoms with Crippen molar-refractivity contribution >= 4 is 118 Å². The summed E-state index contributed by atoms with van der Waals surface area (Å²) >= 11 is 0. The highest BCUT2D eigenvalue weighted by Gasteiger charge is 2.57. The molecule has 21 nitrogen and oxygen atoms in total. The molecule has 5 aliphatic heterocycles. The van der Waals surface area contributed by atoms with Gasteiger partial charge in [-0.3, -0.25) is 58.0 Å². The van der Waals surface area contributed by atoms with Crippen molar-refractivity contribution in [3.05, 3.63) is 44.6 Å². The zero-order valence-corrected chi connectivity index (χ0v) is 53.9. The van der Waals surface area contributed by atoms with Crippen molar-refractivity contribution in [1.29, 1.82) is 0 Å². The molecule has 5 rings (SSSR count). The Labute approximate surface area is 440 Å². The summed E-state index contributed by atoms with van der Waals surface area (Å²) in [6.45, 7) is 29.1. The summed E-state index contributed by atoms with van der Waals surface area (Å²) in [7, 11) is -26.9. The molecule has 0 aromatic carbocycles. The molecule has 0 radical (unpaired) electrons. The Hall–Kier alpha value is -3.10. The van der Waals surface area contributed by atoms with Gasteiger partial charge in [0, 0.05) is 70.8 Å². The third kappa shape index (κ3) is 14.9. The Kier molecular flexibility index (Phi) is 19.7. The second-order valence-electron chi connectivity index (χ2n) is 21.9. The smallest absolute Gasteiger partial charge is 0.419 e. The highest BCUT2D eigenvalue weighted by molar-refractivity contribution is 6.86. The van der Waals surface area contributed by atoms with Crippen LogP contribution >= 0.6 is 0 Å². The van der Waals surface area contributed by atoms with Gasteiger partial charge < -0.3 is 37.7 Å². The first-order valence-corrected chi connectivity index (χ1v) is 43.3. The lowest BCUT2D eigenvalue weighted by molar-refractivity contribution is -0.139. The van der Waals surface area contributed by atoms with Crippen molar-refractivity contribution in [1.82, 2.24) is 19.6 Å². The van der Waals surface area contributed by atoms with Crippen LogP contribution in [0.1, 0.15) is 81.1 Å². The Balaban J connectivity index is 1.40. The maximum Gasteiger partial charge on any atom is 0.650 e. The van der Waals surface area contributed by atoms with Crippen LogP contribution in [0.3, 0.4) is 0 Å². The number of carbonyl (C=O) groups is 8. The van der Waals surface area contributed by atoms with E-state index in [-0.39, 0.29) is 73.4 Å². The van der Waals surface area contributed by atoms with E-state index in [2.05, 4.69) is 0 Å². The summed E-state index contributed by atoms with van der Waals surface area (Å²) in [6, 6.07) is 1.79. The summed E-state index contributed by atoms with van der Waals surface area (Å²) in [5.41, 5.74) is 3.28. The first-order chi connectivity index (χ1) is 33.6. The average molecular weight is 1160 g/mol. The zero-order valence-electron chi connectivity index (χ0n) is 45.5. The van der Waals surface area contributed by atoms with E-state index < -0.39 is 70.9 Å². The average Bonchev–Trinajstić information content (AvgIpc) is 3.74. The SMILES string of the molecule is CC1=C(C)C(=O)N(CCC[Si](C)(C)O[SiH]2O[SiH](O[Si](C)(C)CCCN3C(=O)C(C)=C(C)C3=O)O[Si](O)(O[Si](C)(C)CCCN3C(=O)C(C)=C(C)C3=O)O[SiH](O[Si](C)(C)CCCN3C(=O)C(C)=C(C)C3=O)O2)C1=O. The van der Waals surface area contributed by atoms with E-state index in [0.29, 0.717) is 94.4 Å². The number of carbonyl (C=O) groups excluding carboxylic acids is 8. The lowest BCUT2D eigenvalue weighted by atomic mass is 10.2. The molecule has 73 heavy (non-hydrogen) atoms. The molecule has 0 saturated carbocycles. The number of imide groups is 4. The van der Waals surface area contributed by atoms with Crippen LogP contribution in [0.4, 0.5) is 0 Å². The minimum Gasteiger partial charge on any atom is -0.419 e. The van der Waals surface area contributed by atoms with Gasteiger partial charge in [-0.2, -0.15) is 0 Å². The largest absolute Gasteiger partial charge is 0.650 e. The van der Waals surface area contributed by atoms with E-state index in [0.717, 1.165) is 0 Å². The Morgan fingerprint density at radius 2 is 0.589 bits per heavy atom. The summed E-state index contributed by atoms with van der Waals surface area (Å²) in [4.78, 5) is 121. The van der Waals surface area contributed by atoms with Gasteiger partial charge in [-0.1, -0.05) is 0 Å². The predicted molar refractivity (Wildman–Crippen MR) is 286 cm³/mol. The first-order valence-electron chi connectivity index (χ1n) is 24.9. The molecule has 5 aliphatic rings.